The van der Waals surface area contributed by atoms with Gasteiger partial charge in [-0.25, -0.2) is 13.1 Å². The van der Waals surface area contributed by atoms with Crippen molar-refractivity contribution in [3.05, 3.63) is 59.9 Å². The molecule has 8 heteroatoms. The highest BCUT2D eigenvalue weighted by atomic mass is 32.2. The number of rotatable bonds is 5. The van der Waals surface area contributed by atoms with Gasteiger partial charge in [-0.2, -0.15) is 0 Å². The summed E-state index contributed by atoms with van der Waals surface area (Å²) in [5, 5.41) is 0. The van der Waals surface area contributed by atoms with Crippen LogP contribution >= 0.6 is 0 Å². The van der Waals surface area contributed by atoms with Gasteiger partial charge in [0.15, 0.2) is 0 Å². The summed E-state index contributed by atoms with van der Waals surface area (Å²) in [6.45, 7) is 2.25. The Balaban J connectivity index is 1.67. The molecule has 1 aliphatic heterocycles. The molecule has 1 aliphatic rings. The molecule has 1 saturated heterocycles. The number of hydrogen-bond acceptors (Lipinski definition) is 5. The fourth-order valence-electron chi connectivity index (χ4n) is 2.48. The first kappa shape index (κ1) is 17.5. The second-order valence-corrected chi connectivity index (χ2v) is 7.34. The highest BCUT2D eigenvalue weighted by molar-refractivity contribution is 7.89. The lowest BCUT2D eigenvalue weighted by molar-refractivity contribution is 0.0303. The average Bonchev–Trinajstić information content (AvgIpc) is 2.67. The van der Waals surface area contributed by atoms with E-state index in [1.54, 1.807) is 29.3 Å². The number of aromatic nitrogens is 1. The largest absolute Gasteiger partial charge is 0.378 e. The molecule has 2 aromatic rings. The number of pyridine rings is 1. The van der Waals surface area contributed by atoms with Crippen LogP contribution in [0.4, 0.5) is 0 Å². The highest BCUT2D eigenvalue weighted by Gasteiger charge is 2.20. The van der Waals surface area contributed by atoms with Gasteiger partial charge < -0.3 is 9.64 Å². The number of benzene rings is 1. The number of amides is 1. The van der Waals surface area contributed by atoms with Gasteiger partial charge in [0.05, 0.1) is 30.3 Å². The Morgan fingerprint density at radius 3 is 2.48 bits per heavy atom. The first-order valence-corrected chi connectivity index (χ1v) is 9.41. The van der Waals surface area contributed by atoms with Crippen molar-refractivity contribution < 1.29 is 17.9 Å². The number of nitrogens with zero attached hydrogens (tertiary/aromatic N) is 2. The molecule has 1 amide bonds. The van der Waals surface area contributed by atoms with E-state index in [9.17, 15) is 13.2 Å². The van der Waals surface area contributed by atoms with Crippen LogP contribution in [0.3, 0.4) is 0 Å². The van der Waals surface area contributed by atoms with Crippen LogP contribution < -0.4 is 4.72 Å². The van der Waals surface area contributed by atoms with Crippen LogP contribution in [0.25, 0.3) is 0 Å². The zero-order valence-corrected chi connectivity index (χ0v) is 14.4. The van der Waals surface area contributed by atoms with Gasteiger partial charge in [0.1, 0.15) is 0 Å². The molecular formula is C17H19N3O4S. The second-order valence-electron chi connectivity index (χ2n) is 5.57. The maximum absolute atomic E-state index is 12.4. The minimum atomic E-state index is -3.66. The van der Waals surface area contributed by atoms with E-state index in [0.29, 0.717) is 37.6 Å². The van der Waals surface area contributed by atoms with E-state index < -0.39 is 10.0 Å². The van der Waals surface area contributed by atoms with Crippen LogP contribution in [0, 0.1) is 0 Å². The number of sulfonamides is 1. The van der Waals surface area contributed by atoms with Crippen molar-refractivity contribution in [3.8, 4) is 0 Å². The van der Waals surface area contributed by atoms with Gasteiger partial charge in [-0.15, -0.1) is 0 Å². The van der Waals surface area contributed by atoms with Gasteiger partial charge >= 0.3 is 0 Å². The quantitative estimate of drug-likeness (QED) is 0.859. The van der Waals surface area contributed by atoms with E-state index >= 15 is 0 Å². The molecular weight excluding hydrogens is 342 g/mol. The lowest BCUT2D eigenvalue weighted by Gasteiger charge is -2.26. The van der Waals surface area contributed by atoms with Crippen LogP contribution in [0.1, 0.15) is 16.1 Å². The third-order valence-corrected chi connectivity index (χ3v) is 5.30. The van der Waals surface area contributed by atoms with E-state index in [1.807, 2.05) is 0 Å². The molecule has 7 nitrogen and oxygen atoms in total. The second kappa shape index (κ2) is 7.73. The smallest absolute Gasteiger partial charge is 0.254 e. The summed E-state index contributed by atoms with van der Waals surface area (Å²) in [6, 6.07) is 11.3. The Morgan fingerprint density at radius 2 is 1.84 bits per heavy atom. The van der Waals surface area contributed by atoms with Crippen LogP contribution in [-0.2, 0) is 21.3 Å². The van der Waals surface area contributed by atoms with E-state index in [4.69, 9.17) is 4.74 Å². The van der Waals surface area contributed by atoms with E-state index in [-0.39, 0.29) is 17.3 Å². The molecule has 0 unspecified atom stereocenters. The lowest BCUT2D eigenvalue weighted by Crippen LogP contribution is -2.40. The van der Waals surface area contributed by atoms with Crippen molar-refractivity contribution in [1.29, 1.82) is 0 Å². The first-order valence-electron chi connectivity index (χ1n) is 7.93. The minimum absolute atomic E-state index is 0.109. The van der Waals surface area contributed by atoms with Crippen molar-refractivity contribution in [2.75, 3.05) is 26.3 Å². The highest BCUT2D eigenvalue weighted by Crippen LogP contribution is 2.13. The molecule has 3 rings (SSSR count). The molecule has 132 valence electrons. The SMILES string of the molecule is O=C(c1ccc(S(=O)(=O)NCc2ccccn2)cc1)N1CCOCC1. The van der Waals surface area contributed by atoms with Crippen LogP contribution in [-0.4, -0.2) is 50.5 Å². The Hall–Kier alpha value is -2.29. The Morgan fingerprint density at radius 1 is 1.12 bits per heavy atom. The molecule has 1 fully saturated rings. The monoisotopic (exact) mass is 361 g/mol. The molecule has 1 aromatic heterocycles. The van der Waals surface area contributed by atoms with Crippen LogP contribution in [0.2, 0.25) is 0 Å². The molecule has 1 N–H and O–H groups in total. The zero-order valence-electron chi connectivity index (χ0n) is 13.6. The molecule has 1 aromatic carbocycles. The van der Waals surface area contributed by atoms with Gasteiger partial charge in [0.2, 0.25) is 10.0 Å². The fourth-order valence-corrected chi connectivity index (χ4v) is 3.48. The molecule has 0 spiro atoms. The summed E-state index contributed by atoms with van der Waals surface area (Å²) in [6.07, 6.45) is 1.61. The van der Waals surface area contributed by atoms with Crippen LogP contribution in [0.15, 0.2) is 53.6 Å². The molecule has 0 saturated carbocycles. The summed E-state index contributed by atoms with van der Waals surface area (Å²) >= 11 is 0. The number of carbonyl (C=O) groups excluding carboxylic acids is 1. The first-order chi connectivity index (χ1) is 12.1. The van der Waals surface area contributed by atoms with Crippen molar-refractivity contribution in [2.45, 2.75) is 11.4 Å². The predicted octanol–water partition coefficient (Wildman–Crippen LogP) is 1.03. The van der Waals surface area contributed by atoms with Gasteiger partial charge in [-0.05, 0) is 36.4 Å². The molecule has 2 heterocycles. The molecule has 0 radical (unpaired) electrons. The van der Waals surface area contributed by atoms with E-state index in [0.717, 1.165) is 0 Å². The normalized spacial score (nSPS) is 15.1. The maximum atomic E-state index is 12.4. The van der Waals surface area contributed by atoms with Crippen LogP contribution in [0.5, 0.6) is 0 Å². The molecule has 0 bridgehead atoms. The summed E-state index contributed by atoms with van der Waals surface area (Å²) in [4.78, 5) is 18.3. The summed E-state index contributed by atoms with van der Waals surface area (Å²) in [5.74, 6) is -0.117. The maximum Gasteiger partial charge on any atom is 0.254 e. The van der Waals surface area contributed by atoms with Gasteiger partial charge in [-0.1, -0.05) is 6.07 Å². The van der Waals surface area contributed by atoms with E-state index in [2.05, 4.69) is 9.71 Å². The number of carbonyl (C=O) groups is 1. The van der Waals surface area contributed by atoms with Gasteiger partial charge in [0.25, 0.3) is 5.91 Å². The number of ether oxygens (including phenoxy) is 1. The minimum Gasteiger partial charge on any atom is -0.378 e. The Bertz CT molecular complexity index is 817. The van der Waals surface area contributed by atoms with Crippen molar-refractivity contribution >= 4 is 15.9 Å². The zero-order chi connectivity index (χ0) is 17.7. The van der Waals surface area contributed by atoms with Gasteiger partial charge in [-0.3, -0.25) is 9.78 Å². The van der Waals surface area contributed by atoms with Crippen molar-refractivity contribution in [2.24, 2.45) is 0 Å². The van der Waals surface area contributed by atoms with E-state index in [1.165, 1.54) is 24.3 Å². The number of hydrogen-bond donors (Lipinski definition) is 1. The number of nitrogens with one attached hydrogen (secondary N) is 1. The third kappa shape index (κ3) is 4.41. The molecule has 25 heavy (non-hydrogen) atoms. The van der Waals surface area contributed by atoms with Crippen molar-refractivity contribution in [1.82, 2.24) is 14.6 Å². The Labute approximate surface area is 146 Å². The average molecular weight is 361 g/mol. The molecule has 0 aliphatic carbocycles. The fraction of sp³-hybridized carbons (Fsp3) is 0.294. The number of morpholine rings is 1. The Kier molecular flexibility index (Phi) is 5.42. The van der Waals surface area contributed by atoms with Crippen molar-refractivity contribution in [3.63, 3.8) is 0 Å². The summed E-state index contributed by atoms with van der Waals surface area (Å²) in [7, 11) is -3.66. The lowest BCUT2D eigenvalue weighted by atomic mass is 10.2. The predicted molar refractivity (Wildman–Crippen MR) is 91.4 cm³/mol. The molecule has 0 atom stereocenters. The van der Waals surface area contributed by atoms with Gasteiger partial charge in [0, 0.05) is 24.8 Å². The summed E-state index contributed by atoms with van der Waals surface area (Å²) < 4.78 is 32.4. The standard InChI is InChI=1S/C17H19N3O4S/c21-17(20-9-11-24-12-10-20)14-4-6-16(7-5-14)25(22,23)19-13-15-3-1-2-8-18-15/h1-8,19H,9-13H2. The third-order valence-electron chi connectivity index (χ3n) is 3.88. The summed E-state index contributed by atoms with van der Waals surface area (Å²) in [5.41, 5.74) is 1.09. The topological polar surface area (TPSA) is 88.6 Å².